The molecule has 1 aromatic heterocycles. The SMILES string of the molecule is c1ccc(C2(c3ccccc3)c3ccccc3-c3ccc(-c4ccc(N(c5cccc(-n6c7ccccc7c7ccccc76)c5)c5cccc6c5-c5ccccc5C6(c5ccccc5)c5ccccc5)cc4)cc32)cc1. The van der Waals surface area contributed by atoms with Crippen LogP contribution in [0.5, 0.6) is 0 Å². The van der Waals surface area contributed by atoms with Crippen molar-refractivity contribution < 1.29 is 0 Å². The lowest BCUT2D eigenvalue weighted by atomic mass is 9.67. The third-order valence-electron chi connectivity index (χ3n) is 16.5. The second-order valence-corrected chi connectivity index (χ2v) is 20.3. The molecular formula is C74H50N2. The van der Waals surface area contributed by atoms with Gasteiger partial charge in [0.1, 0.15) is 0 Å². The Morgan fingerprint density at radius 3 is 1.32 bits per heavy atom. The summed E-state index contributed by atoms with van der Waals surface area (Å²) < 4.78 is 2.42. The minimum Gasteiger partial charge on any atom is -0.310 e. The molecule has 0 saturated heterocycles. The summed E-state index contributed by atoms with van der Waals surface area (Å²) in [6.45, 7) is 0. The van der Waals surface area contributed by atoms with E-state index in [1.807, 2.05) is 0 Å². The number of fused-ring (bicyclic) bond motifs is 9. The maximum atomic E-state index is 2.50. The van der Waals surface area contributed by atoms with Crippen LogP contribution in [0.2, 0.25) is 0 Å². The molecule has 0 N–H and O–H groups in total. The number of hydrogen-bond acceptors (Lipinski definition) is 1. The summed E-state index contributed by atoms with van der Waals surface area (Å²) in [4.78, 5) is 2.50. The predicted octanol–water partition coefficient (Wildman–Crippen LogP) is 18.6. The van der Waals surface area contributed by atoms with Gasteiger partial charge in [-0.1, -0.05) is 249 Å². The first kappa shape index (κ1) is 43.8. The van der Waals surface area contributed by atoms with Crippen LogP contribution < -0.4 is 4.90 Å². The molecule has 1 heterocycles. The first-order chi connectivity index (χ1) is 37.7. The highest BCUT2D eigenvalue weighted by Gasteiger charge is 2.48. The maximum absolute atomic E-state index is 2.50. The molecule has 76 heavy (non-hydrogen) atoms. The largest absolute Gasteiger partial charge is 0.310 e. The fourth-order valence-corrected chi connectivity index (χ4v) is 13.5. The number of hydrogen-bond donors (Lipinski definition) is 0. The van der Waals surface area contributed by atoms with Crippen LogP contribution in [0.4, 0.5) is 17.1 Å². The first-order valence-electron chi connectivity index (χ1n) is 26.4. The Morgan fingerprint density at radius 1 is 0.276 bits per heavy atom. The van der Waals surface area contributed by atoms with E-state index in [1.54, 1.807) is 0 Å². The summed E-state index contributed by atoms with van der Waals surface area (Å²) in [6.07, 6.45) is 0. The van der Waals surface area contributed by atoms with Crippen molar-refractivity contribution in [2.45, 2.75) is 10.8 Å². The second kappa shape index (κ2) is 17.4. The highest BCUT2D eigenvalue weighted by atomic mass is 15.1. The third-order valence-corrected chi connectivity index (χ3v) is 16.5. The predicted molar refractivity (Wildman–Crippen MR) is 316 cm³/mol. The molecule has 0 fully saturated rings. The molecule has 12 aromatic carbocycles. The zero-order chi connectivity index (χ0) is 50.2. The van der Waals surface area contributed by atoms with Gasteiger partial charge in [-0.15, -0.1) is 0 Å². The molecule has 2 aliphatic rings. The van der Waals surface area contributed by atoms with Gasteiger partial charge in [0.25, 0.3) is 0 Å². The minimum atomic E-state index is -0.549. The Kier molecular flexibility index (Phi) is 10.0. The molecule has 0 radical (unpaired) electrons. The molecule has 0 unspecified atom stereocenters. The number of benzene rings is 12. The van der Waals surface area contributed by atoms with Crippen LogP contribution in [0.1, 0.15) is 44.5 Å². The molecule has 15 rings (SSSR count). The summed E-state index contributed by atoms with van der Waals surface area (Å²) in [6, 6.07) is 113. The molecular weight excluding hydrogens is 917 g/mol. The Labute approximate surface area is 443 Å². The lowest BCUT2D eigenvalue weighted by Crippen LogP contribution is -2.28. The Hall–Kier alpha value is -9.76. The van der Waals surface area contributed by atoms with Crippen molar-refractivity contribution in [1.82, 2.24) is 4.57 Å². The fourth-order valence-electron chi connectivity index (χ4n) is 13.5. The number of anilines is 3. The molecule has 2 heteroatoms. The standard InChI is InChI=1S/C74H50N2/c1-5-23-53(24-6-1)73(54-25-7-2-8-26-54)66-38-18-14-36-64(66)72-67(73)39-22-42-71(72)75(58-31-21-32-59(50-58)76-69-40-19-15-34-62(69)63-35-16-20-41-70(63)76)57-46-43-51(44-47-57)52-45-48-61-60-33-13-17-37-65(60)74(68(61)49-52,55-27-9-3-10-28-55)56-29-11-4-12-30-56/h1-50H. The van der Waals surface area contributed by atoms with E-state index in [1.165, 1.54) is 94.1 Å². The third kappa shape index (κ3) is 6.34. The number of aromatic nitrogens is 1. The zero-order valence-electron chi connectivity index (χ0n) is 41.8. The van der Waals surface area contributed by atoms with Gasteiger partial charge in [-0.2, -0.15) is 0 Å². The molecule has 13 aromatic rings. The molecule has 0 aliphatic heterocycles. The smallest absolute Gasteiger partial charge is 0.0714 e. The Balaban J connectivity index is 0.943. The van der Waals surface area contributed by atoms with Crippen LogP contribution in [-0.4, -0.2) is 4.57 Å². The average Bonchev–Trinajstić information content (AvgIpc) is 4.27. The van der Waals surface area contributed by atoms with Crippen molar-refractivity contribution in [1.29, 1.82) is 0 Å². The van der Waals surface area contributed by atoms with Crippen LogP contribution in [0.15, 0.2) is 303 Å². The van der Waals surface area contributed by atoms with E-state index in [2.05, 4.69) is 313 Å². The summed E-state index contributed by atoms with van der Waals surface area (Å²) in [5.74, 6) is 0. The van der Waals surface area contributed by atoms with E-state index in [0.29, 0.717) is 0 Å². The summed E-state index contributed by atoms with van der Waals surface area (Å²) in [5, 5.41) is 2.48. The van der Waals surface area contributed by atoms with Crippen LogP contribution in [-0.2, 0) is 10.8 Å². The minimum absolute atomic E-state index is 0.485. The summed E-state index contributed by atoms with van der Waals surface area (Å²) >= 11 is 0. The van der Waals surface area contributed by atoms with Crippen LogP contribution in [0, 0.1) is 0 Å². The highest BCUT2D eigenvalue weighted by molar-refractivity contribution is 6.09. The Morgan fingerprint density at radius 2 is 0.724 bits per heavy atom. The van der Waals surface area contributed by atoms with Crippen LogP contribution >= 0.6 is 0 Å². The highest BCUT2D eigenvalue weighted by Crippen LogP contribution is 2.60. The van der Waals surface area contributed by atoms with Crippen LogP contribution in [0.25, 0.3) is 60.9 Å². The number of nitrogens with zero attached hydrogens (tertiary/aromatic N) is 2. The van der Waals surface area contributed by atoms with Crippen LogP contribution in [0.3, 0.4) is 0 Å². The van der Waals surface area contributed by atoms with E-state index in [-0.39, 0.29) is 0 Å². The van der Waals surface area contributed by atoms with Gasteiger partial charge in [-0.05, 0) is 127 Å². The normalized spacial score (nSPS) is 13.5. The van der Waals surface area contributed by atoms with Crippen molar-refractivity contribution in [3.05, 3.63) is 348 Å². The van der Waals surface area contributed by atoms with Crippen molar-refractivity contribution in [3.63, 3.8) is 0 Å². The average molecular weight is 967 g/mol. The summed E-state index contributed by atoms with van der Waals surface area (Å²) in [7, 11) is 0. The van der Waals surface area contributed by atoms with E-state index >= 15 is 0 Å². The molecule has 0 saturated carbocycles. The quantitative estimate of drug-likeness (QED) is 0.140. The zero-order valence-corrected chi connectivity index (χ0v) is 41.8. The van der Waals surface area contributed by atoms with Gasteiger partial charge in [0.2, 0.25) is 0 Å². The fraction of sp³-hybridized carbons (Fsp3) is 0.0270. The molecule has 0 atom stereocenters. The molecule has 2 aliphatic carbocycles. The van der Waals surface area contributed by atoms with Crippen molar-refractivity contribution in [3.8, 4) is 39.1 Å². The molecule has 356 valence electrons. The number of rotatable bonds is 9. The van der Waals surface area contributed by atoms with Gasteiger partial charge >= 0.3 is 0 Å². The Bertz CT molecular complexity index is 4190. The summed E-state index contributed by atoms with van der Waals surface area (Å²) in [5.41, 5.74) is 23.2. The van der Waals surface area contributed by atoms with E-state index in [0.717, 1.165) is 28.3 Å². The van der Waals surface area contributed by atoms with E-state index in [9.17, 15) is 0 Å². The molecule has 0 spiro atoms. The maximum Gasteiger partial charge on any atom is 0.0714 e. The van der Waals surface area contributed by atoms with Gasteiger partial charge in [-0.3, -0.25) is 0 Å². The lowest BCUT2D eigenvalue weighted by Gasteiger charge is -2.34. The topological polar surface area (TPSA) is 8.17 Å². The van der Waals surface area contributed by atoms with Crippen molar-refractivity contribution in [2.24, 2.45) is 0 Å². The van der Waals surface area contributed by atoms with Gasteiger partial charge in [-0.25, -0.2) is 0 Å². The molecule has 0 bridgehead atoms. The van der Waals surface area contributed by atoms with E-state index in [4.69, 9.17) is 0 Å². The van der Waals surface area contributed by atoms with Gasteiger partial charge in [0.05, 0.1) is 27.6 Å². The first-order valence-corrected chi connectivity index (χ1v) is 26.4. The second-order valence-electron chi connectivity index (χ2n) is 20.3. The van der Waals surface area contributed by atoms with Gasteiger partial charge in [0.15, 0.2) is 0 Å². The van der Waals surface area contributed by atoms with E-state index < -0.39 is 10.8 Å². The van der Waals surface area contributed by atoms with Crippen molar-refractivity contribution in [2.75, 3.05) is 4.90 Å². The number of para-hydroxylation sites is 2. The van der Waals surface area contributed by atoms with Gasteiger partial charge < -0.3 is 9.47 Å². The molecule has 0 amide bonds. The molecule has 2 nitrogen and oxygen atoms in total. The van der Waals surface area contributed by atoms with Gasteiger partial charge in [0, 0.05) is 33.4 Å². The monoisotopic (exact) mass is 966 g/mol. The van der Waals surface area contributed by atoms with Crippen molar-refractivity contribution >= 4 is 38.9 Å². The lowest BCUT2D eigenvalue weighted by molar-refractivity contribution is 0.768.